The quantitative estimate of drug-likeness (QED) is 0.338. The monoisotopic (exact) mass is 476 g/mol. The summed E-state index contributed by atoms with van der Waals surface area (Å²) in [5, 5.41) is 14.8. The molecule has 8 heteroatoms. The number of halogens is 3. The maximum absolute atomic E-state index is 13.3. The lowest BCUT2D eigenvalue weighted by atomic mass is 10.0. The topological polar surface area (TPSA) is 65.1 Å². The summed E-state index contributed by atoms with van der Waals surface area (Å²) in [4.78, 5) is 6.55. The number of nitrogens with zero attached hydrogens (tertiary/aromatic N) is 3. The van der Waals surface area contributed by atoms with Gasteiger partial charge in [0, 0.05) is 12.1 Å². The zero-order valence-electron chi connectivity index (χ0n) is 18.8. The van der Waals surface area contributed by atoms with Crippen molar-refractivity contribution in [2.45, 2.75) is 25.1 Å². The molecule has 0 spiro atoms. The van der Waals surface area contributed by atoms with Gasteiger partial charge in [0.1, 0.15) is 6.07 Å². The largest absolute Gasteiger partial charge is 0.419 e. The first-order chi connectivity index (χ1) is 16.9. The van der Waals surface area contributed by atoms with E-state index in [4.69, 9.17) is 4.42 Å². The van der Waals surface area contributed by atoms with Gasteiger partial charge in [0.25, 0.3) is 0 Å². The van der Waals surface area contributed by atoms with Crippen LogP contribution >= 0.6 is 0 Å². The fraction of sp³-hybridized carbons (Fsp3) is 0.259. The van der Waals surface area contributed by atoms with Crippen molar-refractivity contribution >= 4 is 16.7 Å². The Kier molecular flexibility index (Phi) is 6.18. The van der Waals surface area contributed by atoms with Gasteiger partial charge in [-0.1, -0.05) is 48.5 Å². The van der Waals surface area contributed by atoms with Crippen molar-refractivity contribution < 1.29 is 17.6 Å². The lowest BCUT2D eigenvalue weighted by Crippen LogP contribution is -2.31. The number of nitriles is 1. The zero-order valence-corrected chi connectivity index (χ0v) is 18.8. The van der Waals surface area contributed by atoms with E-state index in [1.54, 1.807) is 6.07 Å². The number of aromatic nitrogens is 1. The van der Waals surface area contributed by atoms with Gasteiger partial charge in [-0.05, 0) is 60.5 Å². The van der Waals surface area contributed by atoms with Crippen LogP contribution in [0.5, 0.6) is 0 Å². The highest BCUT2D eigenvalue weighted by atomic mass is 19.4. The number of nitrogens with one attached hydrogen (secondary N) is 1. The maximum Gasteiger partial charge on any atom is 0.416 e. The van der Waals surface area contributed by atoms with E-state index in [1.165, 1.54) is 12.1 Å². The lowest BCUT2D eigenvalue weighted by Gasteiger charge is -2.28. The third-order valence-corrected chi connectivity index (χ3v) is 6.39. The third-order valence-electron chi connectivity index (χ3n) is 6.39. The number of oxazole rings is 1. The third kappa shape index (κ3) is 4.73. The molecule has 1 aliphatic rings. The molecule has 1 atom stereocenters. The Morgan fingerprint density at radius 3 is 2.54 bits per heavy atom. The molecule has 1 aliphatic heterocycles. The zero-order chi connectivity index (χ0) is 24.4. The first-order valence-corrected chi connectivity index (χ1v) is 11.5. The van der Waals surface area contributed by atoms with Crippen LogP contribution in [0, 0.1) is 11.3 Å². The minimum absolute atomic E-state index is 0.108. The van der Waals surface area contributed by atoms with Crippen LogP contribution in [0.1, 0.15) is 35.7 Å². The molecule has 0 amide bonds. The van der Waals surface area contributed by atoms with Crippen molar-refractivity contribution in [3.8, 4) is 17.5 Å². The molecule has 5 nitrogen and oxygen atoms in total. The molecule has 5 rings (SSSR count). The molecule has 1 aromatic heterocycles. The number of benzene rings is 3. The van der Waals surface area contributed by atoms with E-state index in [0.717, 1.165) is 48.3 Å². The maximum atomic E-state index is 13.3. The molecule has 1 saturated heterocycles. The minimum Gasteiger partial charge on any atom is -0.419 e. The molecule has 0 unspecified atom stereocenters. The van der Waals surface area contributed by atoms with Gasteiger partial charge in [0.05, 0.1) is 11.6 Å². The molecule has 0 saturated carbocycles. The van der Waals surface area contributed by atoms with Gasteiger partial charge in [-0.2, -0.15) is 23.4 Å². The van der Waals surface area contributed by atoms with Crippen LogP contribution in [0.3, 0.4) is 0 Å². The molecule has 1 N–H and O–H groups in total. The fourth-order valence-electron chi connectivity index (χ4n) is 4.67. The van der Waals surface area contributed by atoms with Crippen molar-refractivity contribution in [1.82, 2.24) is 9.88 Å². The summed E-state index contributed by atoms with van der Waals surface area (Å²) in [5.74, 6) is 0.532. The first-order valence-electron chi connectivity index (χ1n) is 11.5. The van der Waals surface area contributed by atoms with Crippen molar-refractivity contribution in [3.05, 3.63) is 83.6 Å². The van der Waals surface area contributed by atoms with Gasteiger partial charge < -0.3 is 9.73 Å². The molecule has 1 fully saturated rings. The highest BCUT2D eigenvalue weighted by Crippen LogP contribution is 2.34. The Hall–Kier alpha value is -3.83. The van der Waals surface area contributed by atoms with Gasteiger partial charge in [-0.15, -0.1) is 0 Å². The second kappa shape index (κ2) is 9.43. The Balaban J connectivity index is 1.45. The van der Waals surface area contributed by atoms with Crippen LogP contribution in [-0.4, -0.2) is 29.5 Å². The summed E-state index contributed by atoms with van der Waals surface area (Å²) in [6.07, 6.45) is -2.43. The summed E-state index contributed by atoms with van der Waals surface area (Å²) in [7, 11) is 0. The predicted molar refractivity (Wildman–Crippen MR) is 128 cm³/mol. The van der Waals surface area contributed by atoms with Crippen LogP contribution in [0.4, 0.5) is 19.1 Å². The summed E-state index contributed by atoms with van der Waals surface area (Å²) in [5.41, 5.74) is 0.773. The average molecular weight is 477 g/mol. The van der Waals surface area contributed by atoms with E-state index in [2.05, 4.69) is 21.3 Å². The highest BCUT2D eigenvalue weighted by Gasteiger charge is 2.32. The van der Waals surface area contributed by atoms with Gasteiger partial charge >= 0.3 is 6.18 Å². The molecule has 178 valence electrons. The van der Waals surface area contributed by atoms with Gasteiger partial charge in [-0.3, -0.25) is 4.90 Å². The smallest absolute Gasteiger partial charge is 0.416 e. The van der Waals surface area contributed by atoms with Crippen LogP contribution in [-0.2, 0) is 6.18 Å². The van der Waals surface area contributed by atoms with Crippen LogP contribution in [0.2, 0.25) is 0 Å². The number of anilines is 1. The van der Waals surface area contributed by atoms with E-state index < -0.39 is 11.7 Å². The molecule has 0 radical (unpaired) electrons. The van der Waals surface area contributed by atoms with Gasteiger partial charge in [0.15, 0.2) is 0 Å². The van der Waals surface area contributed by atoms with Gasteiger partial charge in [0.2, 0.25) is 17.5 Å². The van der Waals surface area contributed by atoms with Crippen molar-refractivity contribution in [1.29, 1.82) is 5.26 Å². The molecular weight excluding hydrogens is 453 g/mol. The summed E-state index contributed by atoms with van der Waals surface area (Å²) in [6.45, 7) is 1.87. The summed E-state index contributed by atoms with van der Waals surface area (Å²) >= 11 is 0. The molecular formula is C27H23F3N4O. The molecule has 35 heavy (non-hydrogen) atoms. The Morgan fingerprint density at radius 2 is 1.77 bits per heavy atom. The van der Waals surface area contributed by atoms with E-state index >= 15 is 0 Å². The second-order valence-electron chi connectivity index (χ2n) is 8.60. The average Bonchev–Trinajstić information content (AvgIpc) is 3.54. The Bertz CT molecular complexity index is 1380. The molecule has 0 bridgehead atoms. The van der Waals surface area contributed by atoms with E-state index in [1.807, 2.05) is 42.5 Å². The normalized spacial score (nSPS) is 15.3. The Morgan fingerprint density at radius 1 is 1.03 bits per heavy atom. The number of hydrogen-bond donors (Lipinski definition) is 1. The lowest BCUT2D eigenvalue weighted by molar-refractivity contribution is -0.137. The van der Waals surface area contributed by atoms with E-state index in [0.29, 0.717) is 11.5 Å². The van der Waals surface area contributed by atoms with Crippen LogP contribution < -0.4 is 5.32 Å². The van der Waals surface area contributed by atoms with E-state index in [9.17, 15) is 18.4 Å². The number of likely N-dealkylation sites (tertiary alicyclic amines) is 1. The van der Waals surface area contributed by atoms with Crippen molar-refractivity contribution in [2.75, 3.05) is 25.0 Å². The number of fused-ring (bicyclic) bond motifs is 1. The minimum atomic E-state index is -4.41. The summed E-state index contributed by atoms with van der Waals surface area (Å²) < 4.78 is 46.0. The first kappa shape index (κ1) is 22.9. The van der Waals surface area contributed by atoms with Gasteiger partial charge in [-0.25, -0.2) is 0 Å². The van der Waals surface area contributed by atoms with E-state index in [-0.39, 0.29) is 24.2 Å². The van der Waals surface area contributed by atoms with Crippen LogP contribution in [0.25, 0.3) is 22.2 Å². The fourth-order valence-corrected chi connectivity index (χ4v) is 4.67. The van der Waals surface area contributed by atoms with Crippen LogP contribution in [0.15, 0.2) is 71.1 Å². The number of hydrogen-bond acceptors (Lipinski definition) is 5. The number of rotatable bonds is 6. The predicted octanol–water partition coefficient (Wildman–Crippen LogP) is 6.63. The molecule has 0 aliphatic carbocycles. The Labute approximate surface area is 200 Å². The van der Waals surface area contributed by atoms with Crippen molar-refractivity contribution in [3.63, 3.8) is 0 Å². The standard InChI is InChI=1S/C27H23F3N4O/c28-27(29,30)20-10-5-9-19(15-20)24(34-13-3-4-14-34)17-32-26-23(16-31)33-25(35-26)22-12-6-8-18-7-1-2-11-21(18)22/h1-2,5-12,15,24,32H,3-4,13-14,17H2/t24-/m1/s1. The molecule has 2 heterocycles. The molecule has 4 aromatic rings. The summed E-state index contributed by atoms with van der Waals surface area (Å²) in [6, 6.07) is 20.8. The second-order valence-corrected chi connectivity index (χ2v) is 8.60. The highest BCUT2D eigenvalue weighted by molar-refractivity contribution is 5.94. The molecule has 3 aromatic carbocycles. The number of alkyl halides is 3. The SMILES string of the molecule is N#Cc1nc(-c2cccc3ccccc23)oc1NC[C@H](c1cccc(C(F)(F)F)c1)N1CCCC1. The van der Waals surface area contributed by atoms with Crippen molar-refractivity contribution in [2.24, 2.45) is 0 Å².